The molecule has 0 aliphatic heterocycles. The van der Waals surface area contributed by atoms with Gasteiger partial charge in [-0.2, -0.15) is 0 Å². The molecular formula is C102H168O6. The van der Waals surface area contributed by atoms with Crippen LogP contribution in [0.4, 0.5) is 0 Å². The molecule has 108 heavy (non-hydrogen) atoms. The van der Waals surface area contributed by atoms with Crippen LogP contribution in [0.15, 0.2) is 36.4 Å². The molecule has 0 spiro atoms. The third kappa shape index (κ3) is 46.2. The van der Waals surface area contributed by atoms with E-state index in [1.165, 1.54) is 308 Å². The lowest BCUT2D eigenvalue weighted by Gasteiger charge is -2.20. The third-order valence-corrected chi connectivity index (χ3v) is 22.7. The maximum atomic E-state index is 7.01. The van der Waals surface area contributed by atoms with Crippen molar-refractivity contribution >= 4 is 0 Å². The molecule has 6 atom stereocenters. The second-order valence-electron chi connectivity index (χ2n) is 34.4. The fourth-order valence-corrected chi connectivity index (χ4v) is 15.0. The van der Waals surface area contributed by atoms with E-state index in [2.05, 4.69) is 155 Å². The lowest BCUT2D eigenvalue weighted by Crippen LogP contribution is -2.13. The molecule has 0 saturated heterocycles. The smallest absolute Gasteiger partial charge is 0.162 e. The van der Waals surface area contributed by atoms with Gasteiger partial charge in [-0.05, 0) is 74.0 Å². The van der Waals surface area contributed by atoms with E-state index >= 15 is 0 Å². The molecule has 6 nitrogen and oxygen atoms in total. The van der Waals surface area contributed by atoms with Crippen molar-refractivity contribution in [2.24, 2.45) is 35.5 Å². The summed E-state index contributed by atoms with van der Waals surface area (Å²) in [6, 6.07) is 12.8. The molecule has 1 aliphatic carbocycles. The Hall–Kier alpha value is -4.86. The van der Waals surface area contributed by atoms with Crippen LogP contribution in [0.3, 0.4) is 0 Å². The second kappa shape index (κ2) is 64.6. The van der Waals surface area contributed by atoms with E-state index in [0.29, 0.717) is 75.1 Å². The molecule has 3 aromatic rings. The standard InChI is InChI=1S/C102H168O6/c1-13-19-25-31-37-43-49-55-61-85(7)79-103-97-73-91-67-68-93-75-99(105-81-87(9)63-57-51-45-39-33-27-21-15-3)101(107-83-89(11)65-59-53-47-41-35-29-23-17-5)77-95(93)71-72-96-78-102(108-84-90(12)66-60-54-48-42-36-30-24-18-6)100(106-82-88(10)64-58-52-46-40-34-28-22-16-4)76-94(96)70-69-92(91)74-98(97)104-80-86(8)62-56-50-44-38-32-26-20-14-2/h73-78,85-90H,13-66,79-84H2,1-12H3/t85-,86-,87-,88-,89-,90-/m0/s1. The highest BCUT2D eigenvalue weighted by molar-refractivity contribution is 5.67. The maximum Gasteiger partial charge on any atom is 0.162 e. The van der Waals surface area contributed by atoms with Crippen LogP contribution in [0, 0.1) is 71.0 Å². The number of unbranched alkanes of at least 4 members (excludes halogenated alkanes) is 42. The fourth-order valence-electron chi connectivity index (χ4n) is 15.0. The predicted molar refractivity (Wildman–Crippen MR) is 469 cm³/mol. The summed E-state index contributed by atoms with van der Waals surface area (Å²) in [6.45, 7) is 31.5. The third-order valence-electron chi connectivity index (χ3n) is 22.7. The van der Waals surface area contributed by atoms with Crippen LogP contribution < -0.4 is 28.4 Å². The molecule has 0 amide bonds. The number of ether oxygens (including phenoxy) is 6. The first-order valence-electron chi connectivity index (χ1n) is 46.8. The van der Waals surface area contributed by atoms with Crippen molar-refractivity contribution in [3.63, 3.8) is 0 Å². The maximum absolute atomic E-state index is 7.01. The average molecular weight is 1490 g/mol. The minimum absolute atomic E-state index is 0.384. The van der Waals surface area contributed by atoms with Crippen LogP contribution in [0.2, 0.25) is 0 Å². The minimum Gasteiger partial charge on any atom is -0.489 e. The van der Waals surface area contributed by atoms with Crippen LogP contribution in [-0.4, -0.2) is 39.6 Å². The van der Waals surface area contributed by atoms with Gasteiger partial charge in [0.05, 0.1) is 39.6 Å². The van der Waals surface area contributed by atoms with E-state index in [-0.39, 0.29) is 0 Å². The molecule has 4 rings (SSSR count). The summed E-state index contributed by atoms with van der Waals surface area (Å²) in [5, 5.41) is 0. The molecule has 0 N–H and O–H groups in total. The Morgan fingerprint density at radius 3 is 0.407 bits per heavy atom. The molecule has 0 unspecified atom stereocenters. The second-order valence-corrected chi connectivity index (χ2v) is 34.4. The molecule has 0 saturated carbocycles. The van der Waals surface area contributed by atoms with Crippen molar-refractivity contribution in [3.8, 4) is 70.0 Å². The highest BCUT2D eigenvalue weighted by Gasteiger charge is 2.21. The Morgan fingerprint density at radius 2 is 0.287 bits per heavy atom. The van der Waals surface area contributed by atoms with Gasteiger partial charge in [0.2, 0.25) is 0 Å². The van der Waals surface area contributed by atoms with E-state index < -0.39 is 0 Å². The van der Waals surface area contributed by atoms with Crippen molar-refractivity contribution < 1.29 is 28.4 Å². The lowest BCUT2D eigenvalue weighted by atomic mass is 10.00. The molecule has 3 aromatic carbocycles. The van der Waals surface area contributed by atoms with E-state index in [9.17, 15) is 0 Å². The zero-order valence-corrected chi connectivity index (χ0v) is 72.8. The van der Waals surface area contributed by atoms with Crippen LogP contribution in [0.1, 0.15) is 463 Å². The molecule has 0 radical (unpaired) electrons. The number of hydrogen-bond acceptors (Lipinski definition) is 6. The van der Waals surface area contributed by atoms with Crippen molar-refractivity contribution in [2.75, 3.05) is 39.6 Å². The highest BCUT2D eigenvalue weighted by Crippen LogP contribution is 2.38. The summed E-state index contributed by atoms with van der Waals surface area (Å²) in [4.78, 5) is 0. The van der Waals surface area contributed by atoms with Crippen LogP contribution >= 0.6 is 0 Å². The van der Waals surface area contributed by atoms with Gasteiger partial charge in [-0.15, -0.1) is 0 Å². The quantitative estimate of drug-likeness (QED) is 0.0324. The Morgan fingerprint density at radius 1 is 0.176 bits per heavy atom. The van der Waals surface area contributed by atoms with Crippen LogP contribution in [0.25, 0.3) is 0 Å². The molecule has 612 valence electrons. The first kappa shape index (κ1) is 95.5. The van der Waals surface area contributed by atoms with E-state index in [1.54, 1.807) is 0 Å². The van der Waals surface area contributed by atoms with Gasteiger partial charge < -0.3 is 28.4 Å². The molecule has 0 bridgehead atoms. The van der Waals surface area contributed by atoms with Gasteiger partial charge >= 0.3 is 0 Å². The van der Waals surface area contributed by atoms with Crippen LogP contribution in [0.5, 0.6) is 34.5 Å². The Bertz CT molecular complexity index is 2390. The number of fused-ring (bicyclic) bond motifs is 3. The first-order valence-corrected chi connectivity index (χ1v) is 46.8. The summed E-state index contributed by atoms with van der Waals surface area (Å²) >= 11 is 0. The predicted octanol–water partition coefficient (Wildman–Crippen LogP) is 31.5. The number of rotatable bonds is 72. The minimum atomic E-state index is 0.384. The van der Waals surface area contributed by atoms with Crippen LogP contribution in [-0.2, 0) is 0 Å². The van der Waals surface area contributed by atoms with Gasteiger partial charge in [0.15, 0.2) is 34.5 Å². The Labute approximate surface area is 669 Å². The van der Waals surface area contributed by atoms with Crippen molar-refractivity contribution in [2.45, 2.75) is 430 Å². The van der Waals surface area contributed by atoms with E-state index in [0.717, 1.165) is 106 Å². The topological polar surface area (TPSA) is 55.4 Å². The molecule has 1 aliphatic rings. The summed E-state index contributed by atoms with van der Waals surface area (Å²) in [5.74, 6) is 29.0. The normalized spacial score (nSPS) is 13.3. The van der Waals surface area contributed by atoms with Gasteiger partial charge in [-0.1, -0.05) is 427 Å². The lowest BCUT2D eigenvalue weighted by molar-refractivity contribution is 0.212. The monoisotopic (exact) mass is 1490 g/mol. The molecular weight excluding hydrogens is 1320 g/mol. The van der Waals surface area contributed by atoms with Gasteiger partial charge in [-0.3, -0.25) is 0 Å². The van der Waals surface area contributed by atoms with Gasteiger partial charge in [0, 0.05) is 69.8 Å². The number of hydrogen-bond donors (Lipinski definition) is 0. The Balaban J connectivity index is 1.90. The first-order chi connectivity index (χ1) is 52.9. The summed E-state index contributed by atoms with van der Waals surface area (Å²) in [6.07, 6.45) is 69.9. The largest absolute Gasteiger partial charge is 0.489 e. The molecule has 0 aromatic heterocycles. The molecule has 6 heteroatoms. The fraction of sp³-hybridized carbons (Fsp3) is 0.765. The summed E-state index contributed by atoms with van der Waals surface area (Å²) < 4.78 is 42.1. The van der Waals surface area contributed by atoms with Gasteiger partial charge in [0.25, 0.3) is 0 Å². The van der Waals surface area contributed by atoms with Crippen molar-refractivity contribution in [1.29, 1.82) is 0 Å². The van der Waals surface area contributed by atoms with E-state index in [1.807, 2.05) is 0 Å². The summed E-state index contributed by atoms with van der Waals surface area (Å²) in [7, 11) is 0. The zero-order valence-electron chi connectivity index (χ0n) is 72.8. The van der Waals surface area contributed by atoms with E-state index in [4.69, 9.17) is 28.4 Å². The molecule has 0 heterocycles. The zero-order chi connectivity index (χ0) is 77.5. The number of benzene rings is 3. The van der Waals surface area contributed by atoms with Gasteiger partial charge in [0.1, 0.15) is 0 Å². The van der Waals surface area contributed by atoms with Crippen molar-refractivity contribution in [1.82, 2.24) is 0 Å². The van der Waals surface area contributed by atoms with Crippen molar-refractivity contribution in [3.05, 3.63) is 69.8 Å². The average Bonchev–Trinajstić information content (AvgIpc) is 0.794. The van der Waals surface area contributed by atoms with Gasteiger partial charge in [-0.25, -0.2) is 0 Å². The Kier molecular flexibility index (Phi) is 57.2. The summed E-state index contributed by atoms with van der Waals surface area (Å²) in [5.41, 5.74) is 4.76. The SMILES string of the molecule is CCCCCCCCCC[C@H](C)COc1cc2c(cc1OC[C@@H](C)CCCCCCCCCC)C#Cc1cc(OC[C@@H](C)CCCCCCCCCC)c(OC[C@@H](C)CCCCCCCCCC)cc1C#Cc1cc(OC[C@@H](C)CCCCCCCCCC)c(OC[C@@H](C)CCCCCCCCCC)cc1C#C2. The molecule has 0 fully saturated rings. The highest BCUT2D eigenvalue weighted by atomic mass is 16.5.